The summed E-state index contributed by atoms with van der Waals surface area (Å²) in [5.41, 5.74) is 1.07. The van der Waals surface area contributed by atoms with Gasteiger partial charge in [-0.3, -0.25) is 19.2 Å². The summed E-state index contributed by atoms with van der Waals surface area (Å²) in [5.74, 6) is -1.14. The second-order valence-corrected chi connectivity index (χ2v) is 10.1. The van der Waals surface area contributed by atoms with E-state index in [2.05, 4.69) is 28.2 Å². The standard InChI is InChI=1S/C31H48N4O7.3Rb/c1-4-9-25(28(38)5-2)10-6-7-15-33-31(41)34-16-8-18-42-19-17-32-29(39)22-30(40)35-26-13-11-24(12-14-26)21-27(37)20-23(3)36;;;/h11-14,25H,4-10,15-22H2,1-3H3,(H4,32,33,34,35,39,40,41);;;/q;3*+1/p-3. The Kier molecular flexibility index (Phi) is 37.5. The number of unbranched alkanes of at least 4 members (excludes halogenated alkanes) is 1. The third-order valence-electron chi connectivity index (χ3n) is 6.26. The zero-order chi connectivity index (χ0) is 31.2. The number of Topliss-reactive ketones (excluding diaryl/α,β-unsaturated/α-hetero) is 3. The van der Waals surface area contributed by atoms with E-state index in [1.54, 1.807) is 24.3 Å². The van der Waals surface area contributed by atoms with E-state index in [1.165, 1.54) is 6.92 Å². The van der Waals surface area contributed by atoms with Crippen LogP contribution in [-0.2, 0) is 35.1 Å². The molecule has 0 spiro atoms. The van der Waals surface area contributed by atoms with Crippen LogP contribution in [-0.4, -0.2) is 68.0 Å². The van der Waals surface area contributed by atoms with Crippen LogP contribution in [0.4, 0.5) is 10.5 Å². The Hall–Kier alpha value is 1.82. The monoisotopic (exact) mass is 840 g/mol. The van der Waals surface area contributed by atoms with Gasteiger partial charge in [0.15, 0.2) is 6.03 Å². The topological polar surface area (TPSA) is 166 Å². The van der Waals surface area contributed by atoms with Gasteiger partial charge in [-0.2, -0.15) is 0 Å². The number of urea groups is 1. The molecule has 0 radical (unpaired) electrons. The largest absolute Gasteiger partial charge is 1.00 e. The summed E-state index contributed by atoms with van der Waals surface area (Å²) in [7, 11) is 0. The van der Waals surface area contributed by atoms with Crippen LogP contribution in [0.1, 0.15) is 84.1 Å². The first-order chi connectivity index (χ1) is 20.1. The summed E-state index contributed by atoms with van der Waals surface area (Å²) in [5, 5.41) is 14.3. The molecule has 0 saturated carbocycles. The summed E-state index contributed by atoms with van der Waals surface area (Å²) in [4.78, 5) is 70.4. The van der Waals surface area contributed by atoms with Crippen LogP contribution in [0.25, 0.3) is 16.0 Å². The Labute approximate surface area is 415 Å². The van der Waals surface area contributed by atoms with Gasteiger partial charge in [-0.15, -0.1) is 12.2 Å². The number of hydrogen-bond donors (Lipinski definition) is 1. The van der Waals surface area contributed by atoms with Gasteiger partial charge in [-0.1, -0.05) is 63.9 Å². The van der Waals surface area contributed by atoms with Crippen molar-refractivity contribution >= 4 is 40.9 Å². The minimum absolute atomic E-state index is 0. The second kappa shape index (κ2) is 33.0. The summed E-state index contributed by atoms with van der Waals surface area (Å²) >= 11 is 0. The van der Waals surface area contributed by atoms with Crippen LogP contribution in [0.15, 0.2) is 24.3 Å². The number of ether oxygens (including phenoxy) is 1. The van der Waals surface area contributed by atoms with Crippen LogP contribution < -0.4 is 180 Å². The summed E-state index contributed by atoms with van der Waals surface area (Å²) in [6.07, 6.45) is 5.16. The molecule has 0 saturated heterocycles. The van der Waals surface area contributed by atoms with Crippen molar-refractivity contribution in [3.05, 3.63) is 45.8 Å². The van der Waals surface area contributed by atoms with Gasteiger partial charge in [0.25, 0.3) is 0 Å². The van der Waals surface area contributed by atoms with Gasteiger partial charge in [0.05, 0.1) is 18.2 Å². The molecule has 4 amide bonds. The minimum atomic E-state index is -0.628. The van der Waals surface area contributed by atoms with Gasteiger partial charge in [0.2, 0.25) is 0 Å². The van der Waals surface area contributed by atoms with Gasteiger partial charge >= 0.3 is 175 Å². The van der Waals surface area contributed by atoms with Gasteiger partial charge in [0.1, 0.15) is 17.3 Å². The normalized spacial score (nSPS) is 10.6. The fourth-order valence-corrected chi connectivity index (χ4v) is 4.18. The number of benzene rings is 1. The van der Waals surface area contributed by atoms with Gasteiger partial charge in [0, 0.05) is 38.4 Å². The van der Waals surface area contributed by atoms with E-state index >= 15 is 0 Å². The third kappa shape index (κ3) is 28.2. The Morgan fingerprint density at radius 2 is 1.49 bits per heavy atom. The van der Waals surface area contributed by atoms with E-state index in [0.717, 1.165) is 32.1 Å². The van der Waals surface area contributed by atoms with E-state index in [1.807, 2.05) is 6.92 Å². The molecule has 14 heteroatoms. The molecule has 1 N–H and O–H groups in total. The Morgan fingerprint density at radius 1 is 0.800 bits per heavy atom. The van der Waals surface area contributed by atoms with E-state index < -0.39 is 18.2 Å². The fourth-order valence-electron chi connectivity index (χ4n) is 4.18. The molecule has 1 rings (SSSR count). The first-order valence-electron chi connectivity index (χ1n) is 14.7. The molecule has 234 valence electrons. The quantitative estimate of drug-likeness (QED) is 0.0890. The number of nitrogens with zero attached hydrogens (tertiary/aromatic N) is 3. The van der Waals surface area contributed by atoms with Crippen molar-refractivity contribution in [2.24, 2.45) is 5.92 Å². The average Bonchev–Trinajstić information content (AvgIpc) is 2.93. The maximum absolute atomic E-state index is 12.0. The number of carbonyl (C=O) groups is 6. The van der Waals surface area contributed by atoms with Gasteiger partial charge in [-0.05, 0) is 38.3 Å². The average molecular weight is 842 g/mol. The van der Waals surface area contributed by atoms with Crippen molar-refractivity contribution in [1.82, 2.24) is 5.32 Å². The van der Waals surface area contributed by atoms with Crippen LogP contribution in [0.2, 0.25) is 0 Å². The van der Waals surface area contributed by atoms with E-state index in [9.17, 15) is 28.8 Å². The number of hydrogen-bond acceptors (Lipinski definition) is 7. The van der Waals surface area contributed by atoms with Crippen LogP contribution in [0, 0.1) is 5.92 Å². The molecule has 11 nitrogen and oxygen atoms in total. The van der Waals surface area contributed by atoms with Crippen molar-refractivity contribution in [2.75, 3.05) is 32.8 Å². The number of carbonyl (C=O) groups excluding carboxylic acids is 6. The Morgan fingerprint density at radius 3 is 2.11 bits per heavy atom. The molecular formula is C31H45N4O7Rb3. The smallest absolute Gasteiger partial charge is 0.651 e. The first kappa shape index (κ1) is 51.2. The van der Waals surface area contributed by atoms with Crippen LogP contribution >= 0.6 is 0 Å². The van der Waals surface area contributed by atoms with Crippen molar-refractivity contribution in [3.8, 4) is 0 Å². The molecule has 1 aromatic carbocycles. The fraction of sp³-hybridized carbons (Fsp3) is 0.613. The number of ketones is 3. The van der Waals surface area contributed by atoms with Crippen LogP contribution in [0.3, 0.4) is 0 Å². The summed E-state index contributed by atoms with van der Waals surface area (Å²) < 4.78 is 5.39. The van der Waals surface area contributed by atoms with E-state index in [4.69, 9.17) is 4.74 Å². The molecule has 0 bridgehead atoms. The molecule has 1 unspecified atom stereocenters. The maximum atomic E-state index is 12.0. The first-order valence-corrected chi connectivity index (χ1v) is 14.7. The number of nitrogens with one attached hydrogen (secondary N) is 1. The van der Waals surface area contributed by atoms with Crippen LogP contribution in [0.5, 0.6) is 0 Å². The molecule has 45 heavy (non-hydrogen) atoms. The van der Waals surface area contributed by atoms with E-state index in [0.29, 0.717) is 49.6 Å². The zero-order valence-corrected chi connectivity index (χ0v) is 42.9. The molecule has 1 atom stereocenters. The predicted octanol–water partition coefficient (Wildman–Crippen LogP) is -3.33. The zero-order valence-electron chi connectivity index (χ0n) is 28.2. The van der Waals surface area contributed by atoms with Crippen molar-refractivity contribution in [2.45, 2.75) is 85.0 Å². The molecule has 1 aromatic rings. The molecule has 0 fully saturated rings. The molecule has 0 aliphatic carbocycles. The molecule has 0 aliphatic heterocycles. The minimum Gasteiger partial charge on any atom is -0.651 e. The summed E-state index contributed by atoms with van der Waals surface area (Å²) in [6, 6.07) is 6.08. The molecule has 0 aromatic heterocycles. The SMILES string of the molecule is CCCC(CCCCNC(=O)[N-]CCCOCC[N-]C(=O)CC(=O)[N-]c1ccc(CC(=O)CC(C)=O)cc1)C(=O)CC.[Rb+].[Rb+].[Rb+]. The Bertz CT molecular complexity index is 1030. The Balaban J connectivity index is -0.00000588. The predicted molar refractivity (Wildman–Crippen MR) is 161 cm³/mol. The second-order valence-electron chi connectivity index (χ2n) is 10.1. The van der Waals surface area contributed by atoms with Gasteiger partial charge in [-0.25, -0.2) is 0 Å². The molecular weight excluding hydrogens is 797 g/mol. The van der Waals surface area contributed by atoms with Crippen molar-refractivity contribution in [1.29, 1.82) is 0 Å². The van der Waals surface area contributed by atoms with Crippen molar-refractivity contribution in [3.63, 3.8) is 0 Å². The van der Waals surface area contributed by atoms with Crippen molar-refractivity contribution < 1.29 is 208 Å². The van der Waals surface area contributed by atoms with E-state index in [-0.39, 0.29) is 224 Å². The third-order valence-corrected chi connectivity index (χ3v) is 6.26. The summed E-state index contributed by atoms with van der Waals surface area (Å²) in [6.45, 7) is 6.85. The molecule has 0 aliphatic rings. The molecule has 0 heterocycles. The maximum Gasteiger partial charge on any atom is 1.00 e. The number of amides is 4. The van der Waals surface area contributed by atoms with Gasteiger partial charge < -0.3 is 35.6 Å². The number of rotatable bonds is 23.